The second-order valence-corrected chi connectivity index (χ2v) is 4.53. The average Bonchev–Trinajstić information content (AvgIpc) is 2.04. The van der Waals surface area contributed by atoms with Crippen LogP contribution in [0.4, 0.5) is 0 Å². The summed E-state index contributed by atoms with van der Waals surface area (Å²) in [6, 6.07) is 0. The minimum Gasteiger partial charge on any atom is -0.386 e. The molecule has 1 nitrogen and oxygen atoms in total. The summed E-state index contributed by atoms with van der Waals surface area (Å²) in [5.74, 6) is 0.701. The summed E-state index contributed by atoms with van der Waals surface area (Å²) in [6.07, 6.45) is 10.6. The van der Waals surface area contributed by atoms with E-state index in [4.69, 9.17) is 0 Å². The molecule has 1 aliphatic rings. The van der Waals surface area contributed by atoms with Crippen molar-refractivity contribution in [1.82, 2.24) is 0 Å². The van der Waals surface area contributed by atoms with Crippen molar-refractivity contribution >= 4 is 0 Å². The number of aliphatic hydroxyl groups is 1. The molecule has 0 bridgehead atoms. The minimum absolute atomic E-state index is 0.701. The molecule has 0 saturated heterocycles. The van der Waals surface area contributed by atoms with E-state index in [1.54, 1.807) is 19.9 Å². The highest BCUT2D eigenvalue weighted by molar-refractivity contribution is 4.98. The number of hydrogen-bond donors (Lipinski definition) is 1. The summed E-state index contributed by atoms with van der Waals surface area (Å²) in [4.78, 5) is 0. The fourth-order valence-corrected chi connectivity index (χ4v) is 1.69. The molecule has 13 heavy (non-hydrogen) atoms. The van der Waals surface area contributed by atoms with E-state index < -0.39 is 5.60 Å². The van der Waals surface area contributed by atoms with E-state index in [-0.39, 0.29) is 0 Å². The topological polar surface area (TPSA) is 20.2 Å². The van der Waals surface area contributed by atoms with Crippen LogP contribution in [0.5, 0.6) is 0 Å². The molecule has 0 aliphatic heterocycles. The second kappa shape index (κ2) is 4.64. The van der Waals surface area contributed by atoms with Crippen LogP contribution in [0.2, 0.25) is 0 Å². The number of hydrogen-bond acceptors (Lipinski definition) is 1. The average molecular weight is 180 g/mol. The summed E-state index contributed by atoms with van der Waals surface area (Å²) in [7, 11) is 0. The van der Waals surface area contributed by atoms with Crippen molar-refractivity contribution in [2.45, 2.75) is 51.6 Å². The largest absolute Gasteiger partial charge is 0.386 e. The molecule has 0 amide bonds. The molecule has 1 N–H and O–H groups in total. The predicted octanol–water partition coefficient (Wildman–Crippen LogP) is 3.05. The Labute approximate surface area is 81.2 Å². The molecule has 1 aliphatic carbocycles. The quantitative estimate of drug-likeness (QED) is 0.647. The summed E-state index contributed by atoms with van der Waals surface area (Å²) in [5.41, 5.74) is 2.38. The normalized spacial score (nSPS) is 19.3. The van der Waals surface area contributed by atoms with E-state index in [1.165, 1.54) is 32.1 Å². The monoisotopic (exact) mass is 180 g/mol. The fourth-order valence-electron chi connectivity index (χ4n) is 1.69. The summed E-state index contributed by atoms with van der Waals surface area (Å²) < 4.78 is 0. The fraction of sp³-hybridized carbons (Fsp3) is 0.750. The van der Waals surface area contributed by atoms with Gasteiger partial charge in [-0.05, 0) is 44.8 Å². The van der Waals surface area contributed by atoms with Crippen LogP contribution < -0.4 is 0 Å². The van der Waals surface area contributed by atoms with E-state index in [9.17, 15) is 5.11 Å². The van der Waals surface area contributed by atoms with Crippen molar-refractivity contribution in [3.05, 3.63) is 17.9 Å². The Hall–Kier alpha value is -0.520. The lowest BCUT2D eigenvalue weighted by atomic mass is 9.89. The zero-order valence-electron chi connectivity index (χ0n) is 8.71. The number of rotatable bonds is 2. The molecule has 1 heteroatoms. The molecule has 0 heterocycles. The van der Waals surface area contributed by atoms with Crippen molar-refractivity contribution in [1.29, 1.82) is 0 Å². The van der Waals surface area contributed by atoms with E-state index in [0.29, 0.717) is 5.92 Å². The third-order valence-corrected chi connectivity index (χ3v) is 2.42. The molecule has 0 aromatic heterocycles. The van der Waals surface area contributed by atoms with Gasteiger partial charge in [-0.2, -0.15) is 0 Å². The van der Waals surface area contributed by atoms with Gasteiger partial charge in [-0.25, -0.2) is 0 Å². The Morgan fingerprint density at radius 1 is 1.23 bits per heavy atom. The van der Waals surface area contributed by atoms with Crippen molar-refractivity contribution in [3.8, 4) is 0 Å². The van der Waals surface area contributed by atoms with E-state index in [1.807, 2.05) is 0 Å². The maximum atomic E-state index is 9.41. The zero-order valence-corrected chi connectivity index (χ0v) is 8.71. The van der Waals surface area contributed by atoms with E-state index in [2.05, 4.69) is 11.8 Å². The van der Waals surface area contributed by atoms with Gasteiger partial charge >= 0.3 is 0 Å². The van der Waals surface area contributed by atoms with Gasteiger partial charge < -0.3 is 5.11 Å². The highest BCUT2D eigenvalue weighted by atomic mass is 16.3. The molecule has 0 aromatic rings. The van der Waals surface area contributed by atoms with Crippen LogP contribution in [0.1, 0.15) is 46.0 Å². The highest BCUT2D eigenvalue weighted by Gasteiger charge is 2.10. The first kappa shape index (κ1) is 10.6. The van der Waals surface area contributed by atoms with Gasteiger partial charge in [-0.15, -0.1) is 5.73 Å². The molecule has 0 unspecified atom stereocenters. The molecule has 1 fully saturated rings. The molecular formula is C12H20O. The van der Waals surface area contributed by atoms with Gasteiger partial charge in [0.15, 0.2) is 0 Å². The van der Waals surface area contributed by atoms with Gasteiger partial charge in [-0.1, -0.05) is 19.3 Å². The van der Waals surface area contributed by atoms with Gasteiger partial charge in [0.05, 0.1) is 5.60 Å². The standard InChI is InChI=1S/C12H20O/c1-12(2,13)10-6-9-11-7-4-3-5-8-11/h9-11,13H,3-5,7-8H2,1-2H3. The van der Waals surface area contributed by atoms with Crippen LogP contribution in [0.25, 0.3) is 0 Å². The van der Waals surface area contributed by atoms with Crippen LogP contribution in [-0.4, -0.2) is 10.7 Å². The molecule has 1 rings (SSSR count). The highest BCUT2D eigenvalue weighted by Crippen LogP contribution is 2.24. The second-order valence-electron chi connectivity index (χ2n) is 4.53. The first-order valence-corrected chi connectivity index (χ1v) is 5.24. The van der Waals surface area contributed by atoms with Gasteiger partial charge in [0, 0.05) is 0 Å². The van der Waals surface area contributed by atoms with Gasteiger partial charge in [0.2, 0.25) is 0 Å². The molecule has 1 saturated carbocycles. The van der Waals surface area contributed by atoms with Crippen molar-refractivity contribution in [2.24, 2.45) is 5.92 Å². The predicted molar refractivity (Wildman–Crippen MR) is 55.5 cm³/mol. The summed E-state index contributed by atoms with van der Waals surface area (Å²) >= 11 is 0. The zero-order chi connectivity index (χ0) is 9.73. The van der Waals surface area contributed by atoms with Gasteiger partial charge in [0.25, 0.3) is 0 Å². The molecule has 0 spiro atoms. The van der Waals surface area contributed by atoms with Crippen LogP contribution in [0.15, 0.2) is 17.9 Å². The van der Waals surface area contributed by atoms with Gasteiger partial charge in [0.1, 0.15) is 0 Å². The van der Waals surface area contributed by atoms with Crippen molar-refractivity contribution in [3.63, 3.8) is 0 Å². The van der Waals surface area contributed by atoms with Crippen molar-refractivity contribution in [2.75, 3.05) is 0 Å². The van der Waals surface area contributed by atoms with Gasteiger partial charge in [-0.3, -0.25) is 0 Å². The summed E-state index contributed by atoms with van der Waals surface area (Å²) in [5, 5.41) is 9.41. The molecule has 0 aromatic carbocycles. The molecule has 74 valence electrons. The Balaban J connectivity index is 2.42. The Kier molecular flexibility index (Phi) is 3.77. The van der Waals surface area contributed by atoms with E-state index >= 15 is 0 Å². The molecular weight excluding hydrogens is 160 g/mol. The lowest BCUT2D eigenvalue weighted by Gasteiger charge is -2.16. The minimum atomic E-state index is -0.717. The smallest absolute Gasteiger partial charge is 0.0844 e. The first-order valence-electron chi connectivity index (χ1n) is 5.24. The molecule has 0 atom stereocenters. The van der Waals surface area contributed by atoms with E-state index in [0.717, 1.165) is 0 Å². The van der Waals surface area contributed by atoms with Crippen molar-refractivity contribution < 1.29 is 5.11 Å². The van der Waals surface area contributed by atoms with Crippen LogP contribution in [0.3, 0.4) is 0 Å². The maximum absolute atomic E-state index is 9.41. The Morgan fingerprint density at radius 2 is 1.85 bits per heavy atom. The lowest BCUT2D eigenvalue weighted by Crippen LogP contribution is -2.13. The van der Waals surface area contributed by atoms with Crippen LogP contribution in [0, 0.1) is 5.92 Å². The maximum Gasteiger partial charge on any atom is 0.0844 e. The molecule has 0 radical (unpaired) electrons. The van der Waals surface area contributed by atoms with Crippen LogP contribution >= 0.6 is 0 Å². The first-order chi connectivity index (χ1) is 6.08. The Morgan fingerprint density at radius 3 is 2.38 bits per heavy atom. The third kappa shape index (κ3) is 4.92. The SMILES string of the molecule is CC(C)(O)C=C=CC1CCCCC1. The Bertz CT molecular complexity index is 198. The summed E-state index contributed by atoms with van der Waals surface area (Å²) in [6.45, 7) is 3.55. The third-order valence-electron chi connectivity index (χ3n) is 2.42. The van der Waals surface area contributed by atoms with Crippen LogP contribution in [-0.2, 0) is 0 Å². The lowest BCUT2D eigenvalue weighted by molar-refractivity contribution is 0.133.